The number of aliphatic imine (C=N–C) groups is 1. The van der Waals surface area contributed by atoms with Crippen LogP contribution in [0.15, 0.2) is 17.1 Å². The first-order valence-corrected chi connectivity index (χ1v) is 5.41. The number of nitrogens with one attached hydrogen (secondary N) is 1. The van der Waals surface area contributed by atoms with Crippen LogP contribution < -0.4 is 25.5 Å². The van der Waals surface area contributed by atoms with E-state index in [1.807, 2.05) is 0 Å². The first-order valence-electron chi connectivity index (χ1n) is 5.01. The van der Waals surface area contributed by atoms with Gasteiger partial charge < -0.3 is 14.2 Å². The minimum Gasteiger partial charge on any atom is -0.493 e. The molecular weight excluding hydrogens is 254 g/mol. The average Bonchev–Trinajstić information content (AvgIpc) is 2.43. The fourth-order valence-corrected chi connectivity index (χ4v) is 1.40. The van der Waals surface area contributed by atoms with E-state index >= 15 is 0 Å². The lowest BCUT2D eigenvalue weighted by Gasteiger charge is -2.12. The third-order valence-electron chi connectivity index (χ3n) is 2.14. The maximum atomic E-state index is 5.21. The highest BCUT2D eigenvalue weighted by atomic mass is 32.1. The van der Waals surface area contributed by atoms with Gasteiger partial charge in [-0.1, -0.05) is 0 Å². The van der Waals surface area contributed by atoms with E-state index in [-0.39, 0.29) is 5.11 Å². The zero-order valence-corrected chi connectivity index (χ0v) is 11.2. The Balaban J connectivity index is 3.15. The average molecular weight is 269 g/mol. The molecule has 0 heterocycles. The molecule has 0 atom stereocenters. The van der Waals surface area contributed by atoms with Crippen molar-refractivity contribution < 1.29 is 14.2 Å². The van der Waals surface area contributed by atoms with Crippen LogP contribution in [0.2, 0.25) is 0 Å². The van der Waals surface area contributed by atoms with E-state index in [1.165, 1.54) is 0 Å². The highest BCUT2D eigenvalue weighted by Crippen LogP contribution is 2.37. The summed E-state index contributed by atoms with van der Waals surface area (Å²) in [5, 5.41) is 0.184. The van der Waals surface area contributed by atoms with Crippen LogP contribution in [0.3, 0.4) is 0 Å². The van der Waals surface area contributed by atoms with E-state index in [1.54, 1.807) is 39.7 Å². The van der Waals surface area contributed by atoms with Gasteiger partial charge in [0.05, 0.1) is 21.3 Å². The summed E-state index contributed by atoms with van der Waals surface area (Å²) in [6, 6.07) is 3.51. The number of hydrazine groups is 1. The Morgan fingerprint density at radius 2 is 1.78 bits per heavy atom. The summed E-state index contributed by atoms with van der Waals surface area (Å²) in [6.45, 7) is 0. The van der Waals surface area contributed by atoms with Crippen LogP contribution in [0.5, 0.6) is 17.2 Å². The molecule has 0 saturated carbocycles. The lowest BCUT2D eigenvalue weighted by Crippen LogP contribution is -2.26. The van der Waals surface area contributed by atoms with Crippen molar-refractivity contribution in [3.8, 4) is 17.2 Å². The fourth-order valence-electron chi connectivity index (χ4n) is 1.35. The molecule has 0 saturated heterocycles. The van der Waals surface area contributed by atoms with Gasteiger partial charge in [-0.25, -0.2) is 10.8 Å². The molecule has 98 valence electrons. The third-order valence-corrected chi connectivity index (χ3v) is 2.36. The van der Waals surface area contributed by atoms with Crippen molar-refractivity contribution >= 4 is 23.5 Å². The molecule has 0 bridgehead atoms. The van der Waals surface area contributed by atoms with Crippen LogP contribution in [0.1, 0.15) is 5.56 Å². The highest BCUT2D eigenvalue weighted by Gasteiger charge is 2.12. The molecule has 1 rings (SSSR count). The molecule has 0 aromatic heterocycles. The van der Waals surface area contributed by atoms with Crippen molar-refractivity contribution in [3.63, 3.8) is 0 Å². The van der Waals surface area contributed by atoms with Gasteiger partial charge in [-0.05, 0) is 24.4 Å². The fraction of sp³-hybridized carbons (Fsp3) is 0.273. The number of thiocarbonyl (C=S) groups is 1. The molecule has 3 N–H and O–H groups in total. The number of ether oxygens (including phenoxy) is 3. The number of hydrogen-bond acceptors (Lipinski definition) is 5. The van der Waals surface area contributed by atoms with Gasteiger partial charge in [0, 0.05) is 11.8 Å². The van der Waals surface area contributed by atoms with Gasteiger partial charge in [-0.15, -0.1) is 0 Å². The molecule has 7 heteroatoms. The van der Waals surface area contributed by atoms with E-state index in [0.29, 0.717) is 17.2 Å². The van der Waals surface area contributed by atoms with E-state index in [9.17, 15) is 0 Å². The topological polar surface area (TPSA) is 78.1 Å². The Kier molecular flexibility index (Phi) is 5.34. The molecule has 18 heavy (non-hydrogen) atoms. The standard InChI is InChI=1S/C11H15N3O3S/c1-15-8-4-7(6-13-11(18)14-12)5-9(16-2)10(8)17-3/h4-6H,12H2,1-3H3,(H,14,18). The smallest absolute Gasteiger partial charge is 0.207 e. The van der Waals surface area contributed by atoms with E-state index < -0.39 is 0 Å². The van der Waals surface area contributed by atoms with Gasteiger partial charge in [-0.2, -0.15) is 0 Å². The minimum absolute atomic E-state index is 0.184. The van der Waals surface area contributed by atoms with Crippen molar-refractivity contribution in [1.29, 1.82) is 0 Å². The number of hydrogen-bond donors (Lipinski definition) is 2. The maximum Gasteiger partial charge on any atom is 0.207 e. The van der Waals surface area contributed by atoms with Gasteiger partial charge >= 0.3 is 0 Å². The van der Waals surface area contributed by atoms with Crippen LogP contribution in [-0.2, 0) is 0 Å². The van der Waals surface area contributed by atoms with Gasteiger partial charge in [0.2, 0.25) is 10.9 Å². The zero-order chi connectivity index (χ0) is 13.5. The van der Waals surface area contributed by atoms with Crippen molar-refractivity contribution in [2.45, 2.75) is 0 Å². The monoisotopic (exact) mass is 269 g/mol. The second-order valence-electron chi connectivity index (χ2n) is 3.17. The molecule has 6 nitrogen and oxygen atoms in total. The van der Waals surface area contributed by atoms with E-state index in [0.717, 1.165) is 5.56 Å². The van der Waals surface area contributed by atoms with Crippen LogP contribution in [0.25, 0.3) is 0 Å². The molecule has 0 aliphatic heterocycles. The zero-order valence-electron chi connectivity index (χ0n) is 10.4. The summed E-state index contributed by atoms with van der Waals surface area (Å²) in [6.07, 6.45) is 1.55. The van der Waals surface area contributed by atoms with Gasteiger partial charge in [0.15, 0.2) is 11.5 Å². The van der Waals surface area contributed by atoms with Gasteiger partial charge in [-0.3, -0.25) is 5.43 Å². The van der Waals surface area contributed by atoms with Crippen molar-refractivity contribution in [2.24, 2.45) is 10.8 Å². The summed E-state index contributed by atoms with van der Waals surface area (Å²) in [7, 11) is 4.64. The molecule has 0 radical (unpaired) electrons. The number of methoxy groups -OCH3 is 3. The molecule has 0 amide bonds. The summed E-state index contributed by atoms with van der Waals surface area (Å²) >= 11 is 4.80. The largest absolute Gasteiger partial charge is 0.493 e. The van der Waals surface area contributed by atoms with Crippen LogP contribution in [-0.4, -0.2) is 32.7 Å². The summed E-state index contributed by atoms with van der Waals surface area (Å²) in [4.78, 5) is 3.94. The SMILES string of the molecule is COc1cc(C=NC(=S)NN)cc(OC)c1OC. The van der Waals surface area contributed by atoms with Crippen LogP contribution in [0, 0.1) is 0 Å². The van der Waals surface area contributed by atoms with Gasteiger partial charge in [0.1, 0.15) is 0 Å². The van der Waals surface area contributed by atoms with Gasteiger partial charge in [0.25, 0.3) is 0 Å². The molecular formula is C11H15N3O3S. The van der Waals surface area contributed by atoms with Crippen LogP contribution >= 0.6 is 12.2 Å². The summed E-state index contributed by atoms with van der Waals surface area (Å²) in [5.74, 6) is 6.74. The molecule has 1 aromatic carbocycles. The van der Waals surface area contributed by atoms with Crippen molar-refractivity contribution in [3.05, 3.63) is 17.7 Å². The number of rotatable bonds is 4. The minimum atomic E-state index is 0.184. The van der Waals surface area contributed by atoms with E-state index in [2.05, 4.69) is 10.4 Å². The Morgan fingerprint density at radius 3 is 2.17 bits per heavy atom. The Hall–Kier alpha value is -1.86. The quantitative estimate of drug-likeness (QED) is 0.366. The molecule has 1 aromatic rings. The maximum absolute atomic E-state index is 5.21. The summed E-state index contributed by atoms with van der Waals surface area (Å²) < 4.78 is 15.6. The molecule has 0 fully saturated rings. The second kappa shape index (κ2) is 6.77. The van der Waals surface area contributed by atoms with Crippen LogP contribution in [0.4, 0.5) is 0 Å². The third kappa shape index (κ3) is 3.31. The normalized spacial score (nSPS) is 10.2. The Morgan fingerprint density at radius 1 is 1.22 bits per heavy atom. The first-order chi connectivity index (χ1) is 8.65. The molecule has 0 spiro atoms. The summed E-state index contributed by atoms with van der Waals surface area (Å²) in [5.41, 5.74) is 3.01. The molecule has 0 aliphatic rings. The van der Waals surface area contributed by atoms with Crippen molar-refractivity contribution in [1.82, 2.24) is 5.43 Å². The Labute approximate surface area is 111 Å². The number of benzene rings is 1. The molecule has 0 unspecified atom stereocenters. The van der Waals surface area contributed by atoms with Crippen molar-refractivity contribution in [2.75, 3.05) is 21.3 Å². The molecule has 0 aliphatic carbocycles. The number of nitrogens with zero attached hydrogens (tertiary/aromatic N) is 1. The predicted molar refractivity (Wildman–Crippen MR) is 73.6 cm³/mol. The van der Waals surface area contributed by atoms with E-state index in [4.69, 9.17) is 32.3 Å². The second-order valence-corrected chi connectivity index (χ2v) is 3.55. The lowest BCUT2D eigenvalue weighted by molar-refractivity contribution is 0.324. The Bertz CT molecular complexity index is 438. The number of nitrogens with two attached hydrogens (primary N) is 1. The lowest BCUT2D eigenvalue weighted by atomic mass is 10.2. The first kappa shape index (κ1) is 14.2. The highest BCUT2D eigenvalue weighted by molar-refractivity contribution is 7.80. The predicted octanol–water partition coefficient (Wildman–Crippen LogP) is 0.879.